The van der Waals surface area contributed by atoms with E-state index in [-0.39, 0.29) is 92.8 Å². The Labute approximate surface area is 263 Å². The van der Waals surface area contributed by atoms with Crippen LogP contribution in [0.1, 0.15) is 71.1 Å². The van der Waals surface area contributed by atoms with Crippen LogP contribution < -0.4 is 22.1 Å². The molecule has 0 aromatic heterocycles. The zero-order valence-corrected chi connectivity index (χ0v) is 27.5. The number of primary amides is 2. The van der Waals surface area contributed by atoms with Gasteiger partial charge in [-0.2, -0.15) is 36.2 Å². The predicted molar refractivity (Wildman–Crippen MR) is 171 cm³/mol. The molecule has 4 amide bonds. The largest absolute Gasteiger partial charge is 0.370 e. The zero-order chi connectivity index (χ0) is 32.1. The Morgan fingerprint density at radius 1 is 0.786 bits per heavy atom. The van der Waals surface area contributed by atoms with Gasteiger partial charge in [0, 0.05) is 62.7 Å². The molecule has 42 heavy (non-hydrogen) atoms. The van der Waals surface area contributed by atoms with Gasteiger partial charge in [0.25, 0.3) is 0 Å². The van der Waals surface area contributed by atoms with Gasteiger partial charge in [0.15, 0.2) is 5.78 Å². The fourth-order valence-corrected chi connectivity index (χ4v) is 5.48. The standard InChI is InChI=1S/C28H48N4O7S3/c1-18(10-13-41-2)24(35)16-19(11-14-42-3)28(39)31-12-9-26(37)32-22(7-8-25(29)36)23(34)6-4-5-21(33)15-20(17-40)27(30)38/h18-20,22,40H,4-17H2,1-3H3,(H2,29,36)(H2,30,38)(H,31,39)(H,32,37)/t18-,19+,20-,22-/m0/s1. The van der Waals surface area contributed by atoms with Crippen LogP contribution in [0.25, 0.3) is 0 Å². The molecule has 240 valence electrons. The first-order valence-corrected chi connectivity index (χ1v) is 17.6. The quantitative estimate of drug-likeness (QED) is 0.0867. The van der Waals surface area contributed by atoms with Gasteiger partial charge in [-0.15, -0.1) is 0 Å². The molecule has 6 N–H and O–H groups in total. The number of thioether (sulfide) groups is 2. The van der Waals surface area contributed by atoms with Crippen LogP contribution in [0.3, 0.4) is 0 Å². The Morgan fingerprint density at radius 3 is 2.00 bits per heavy atom. The second-order valence-electron chi connectivity index (χ2n) is 10.3. The lowest BCUT2D eigenvalue weighted by molar-refractivity contribution is -0.131. The SMILES string of the molecule is CSCC[C@H](CC(=O)[C@@H](C)CCSC)C(=O)NCCC(=O)N[C@@H](CCC(N)=O)C(=O)CCCC(=O)C[C@@H](CS)C(N)=O. The van der Waals surface area contributed by atoms with E-state index >= 15 is 0 Å². The topological polar surface area (TPSA) is 196 Å². The Hall–Kier alpha value is -2.06. The van der Waals surface area contributed by atoms with Crippen LogP contribution in [-0.2, 0) is 33.6 Å². The number of rotatable bonds is 26. The average Bonchev–Trinajstić information content (AvgIpc) is 2.93. The molecule has 0 unspecified atom stereocenters. The van der Waals surface area contributed by atoms with Crippen LogP contribution in [0.5, 0.6) is 0 Å². The van der Waals surface area contributed by atoms with Gasteiger partial charge in [-0.25, -0.2) is 0 Å². The summed E-state index contributed by atoms with van der Waals surface area (Å²) >= 11 is 7.28. The van der Waals surface area contributed by atoms with Crippen molar-refractivity contribution in [1.82, 2.24) is 10.6 Å². The molecule has 0 aliphatic heterocycles. The van der Waals surface area contributed by atoms with Gasteiger partial charge in [0.1, 0.15) is 11.6 Å². The molecule has 0 saturated carbocycles. The highest BCUT2D eigenvalue weighted by molar-refractivity contribution is 7.98. The van der Waals surface area contributed by atoms with Crippen molar-refractivity contribution < 1.29 is 33.6 Å². The number of carbonyl (C=O) groups excluding carboxylic acids is 7. The summed E-state index contributed by atoms with van der Waals surface area (Å²) in [4.78, 5) is 85.6. The van der Waals surface area contributed by atoms with E-state index in [1.807, 2.05) is 19.4 Å². The van der Waals surface area contributed by atoms with Crippen molar-refractivity contribution >= 4 is 77.1 Å². The first-order valence-electron chi connectivity index (χ1n) is 14.2. The number of hydrogen-bond donors (Lipinski definition) is 5. The van der Waals surface area contributed by atoms with E-state index in [0.29, 0.717) is 6.42 Å². The first kappa shape index (κ1) is 39.9. The smallest absolute Gasteiger partial charge is 0.223 e. The molecule has 14 heteroatoms. The Kier molecular flexibility index (Phi) is 22.3. The van der Waals surface area contributed by atoms with Crippen molar-refractivity contribution in [2.75, 3.05) is 36.3 Å². The second-order valence-corrected chi connectivity index (χ2v) is 12.7. The number of amides is 4. The summed E-state index contributed by atoms with van der Waals surface area (Å²) in [6.07, 6.45) is 5.36. The van der Waals surface area contributed by atoms with Crippen molar-refractivity contribution in [3.8, 4) is 0 Å². The normalized spacial score (nSPS) is 13.8. The van der Waals surface area contributed by atoms with Crippen molar-refractivity contribution in [2.45, 2.75) is 77.2 Å². The van der Waals surface area contributed by atoms with Crippen molar-refractivity contribution in [3.05, 3.63) is 0 Å². The lowest BCUT2D eigenvalue weighted by atomic mass is 9.91. The van der Waals surface area contributed by atoms with Gasteiger partial charge in [-0.1, -0.05) is 6.92 Å². The van der Waals surface area contributed by atoms with Crippen LogP contribution >= 0.6 is 36.2 Å². The Bertz CT molecular complexity index is 920. The van der Waals surface area contributed by atoms with Crippen LogP contribution in [0.2, 0.25) is 0 Å². The van der Waals surface area contributed by atoms with E-state index in [2.05, 4.69) is 23.3 Å². The van der Waals surface area contributed by atoms with Crippen LogP contribution in [0.4, 0.5) is 0 Å². The molecule has 0 heterocycles. The summed E-state index contributed by atoms with van der Waals surface area (Å²) in [6, 6.07) is -0.971. The number of ketones is 3. The van der Waals surface area contributed by atoms with Gasteiger partial charge in [0.2, 0.25) is 23.6 Å². The van der Waals surface area contributed by atoms with Gasteiger partial charge in [-0.05, 0) is 49.7 Å². The summed E-state index contributed by atoms with van der Waals surface area (Å²) in [5, 5.41) is 5.34. The van der Waals surface area contributed by atoms with E-state index < -0.39 is 35.6 Å². The number of Topliss-reactive ketones (excluding diaryl/α,β-unsaturated/α-hetero) is 3. The number of nitrogens with one attached hydrogen (secondary N) is 2. The molecule has 0 fully saturated rings. The minimum atomic E-state index is -0.971. The lowest BCUT2D eigenvalue weighted by Gasteiger charge is -2.19. The first-order chi connectivity index (χ1) is 19.9. The molecule has 0 spiro atoms. The van der Waals surface area contributed by atoms with Crippen molar-refractivity contribution in [2.24, 2.45) is 29.2 Å². The van der Waals surface area contributed by atoms with Gasteiger partial charge in [0.05, 0.1) is 12.0 Å². The summed E-state index contributed by atoms with van der Waals surface area (Å²) in [7, 11) is 0. The highest BCUT2D eigenvalue weighted by Gasteiger charge is 2.25. The molecular formula is C28H48N4O7S3. The van der Waals surface area contributed by atoms with Gasteiger partial charge >= 0.3 is 0 Å². The molecule has 4 atom stereocenters. The maximum absolute atomic E-state index is 12.8. The molecule has 0 radical (unpaired) electrons. The molecule has 11 nitrogen and oxygen atoms in total. The number of carbonyl (C=O) groups is 7. The third kappa shape index (κ3) is 18.5. The minimum absolute atomic E-state index is 0.0111. The lowest BCUT2D eigenvalue weighted by Crippen LogP contribution is -2.43. The maximum Gasteiger partial charge on any atom is 0.223 e. The third-order valence-electron chi connectivity index (χ3n) is 6.82. The van der Waals surface area contributed by atoms with E-state index in [9.17, 15) is 33.6 Å². The van der Waals surface area contributed by atoms with E-state index in [0.717, 1.165) is 17.9 Å². The molecule has 0 aliphatic rings. The van der Waals surface area contributed by atoms with E-state index in [4.69, 9.17) is 11.5 Å². The monoisotopic (exact) mass is 648 g/mol. The van der Waals surface area contributed by atoms with Crippen LogP contribution in [-0.4, -0.2) is 83.3 Å². The molecule has 0 aromatic rings. The molecular weight excluding hydrogens is 601 g/mol. The maximum atomic E-state index is 12.8. The van der Waals surface area contributed by atoms with E-state index in [1.165, 1.54) is 0 Å². The summed E-state index contributed by atoms with van der Waals surface area (Å²) in [6.45, 7) is 1.90. The van der Waals surface area contributed by atoms with Gasteiger partial charge < -0.3 is 22.1 Å². The average molecular weight is 649 g/mol. The van der Waals surface area contributed by atoms with Crippen molar-refractivity contribution in [1.29, 1.82) is 0 Å². The highest BCUT2D eigenvalue weighted by Crippen LogP contribution is 2.18. The predicted octanol–water partition coefficient (Wildman–Crippen LogP) is 1.69. The number of hydrogen-bond acceptors (Lipinski definition) is 10. The van der Waals surface area contributed by atoms with Crippen LogP contribution in [0.15, 0.2) is 0 Å². The molecule has 0 aromatic carbocycles. The molecule has 0 saturated heterocycles. The summed E-state index contributed by atoms with van der Waals surface area (Å²) < 4.78 is 0. The van der Waals surface area contributed by atoms with Crippen LogP contribution in [0, 0.1) is 17.8 Å². The molecule has 0 rings (SSSR count). The number of nitrogens with two attached hydrogens (primary N) is 2. The van der Waals surface area contributed by atoms with Crippen molar-refractivity contribution in [3.63, 3.8) is 0 Å². The third-order valence-corrected chi connectivity index (χ3v) is 8.55. The highest BCUT2D eigenvalue weighted by atomic mass is 32.2. The Morgan fingerprint density at radius 2 is 1.43 bits per heavy atom. The molecule has 0 aliphatic carbocycles. The second kappa shape index (κ2) is 23.4. The van der Waals surface area contributed by atoms with Gasteiger partial charge in [-0.3, -0.25) is 33.6 Å². The summed E-state index contributed by atoms with van der Waals surface area (Å²) in [5.74, 6) is -2.07. The number of thiol groups is 1. The van der Waals surface area contributed by atoms with E-state index in [1.54, 1.807) is 23.5 Å². The fraction of sp³-hybridized carbons (Fsp3) is 0.750. The molecule has 0 bridgehead atoms. The fourth-order valence-electron chi connectivity index (χ4n) is 4.06. The summed E-state index contributed by atoms with van der Waals surface area (Å²) in [5.41, 5.74) is 10.5. The Balaban J connectivity index is 4.92. The zero-order valence-electron chi connectivity index (χ0n) is 25.0. The minimum Gasteiger partial charge on any atom is -0.370 e.